The molecule has 0 amide bonds. The van der Waals surface area contributed by atoms with E-state index in [1.54, 1.807) is 0 Å². The predicted octanol–water partition coefficient (Wildman–Crippen LogP) is 5.25. The molecule has 0 heterocycles. The van der Waals surface area contributed by atoms with E-state index in [9.17, 15) is 5.11 Å². The van der Waals surface area contributed by atoms with Crippen LogP contribution in [-0.2, 0) is 6.42 Å². The molecule has 18 heavy (non-hydrogen) atoms. The van der Waals surface area contributed by atoms with Crippen molar-refractivity contribution in [3.05, 3.63) is 67.0 Å². The maximum absolute atomic E-state index is 10.3. The van der Waals surface area contributed by atoms with Crippen LogP contribution in [0.2, 0.25) is 0 Å². The summed E-state index contributed by atoms with van der Waals surface area (Å²) in [6.45, 7) is 0. The van der Waals surface area contributed by atoms with E-state index >= 15 is 0 Å². The highest BCUT2D eigenvalue weighted by Gasteiger charge is 2.11. The second-order valence-electron chi connectivity index (χ2n) is 4.01. The van der Waals surface area contributed by atoms with Crippen LogP contribution in [-0.4, -0.2) is 5.11 Å². The Labute approximate surface area is 132 Å². The molecule has 1 unspecified atom stereocenters. The predicted molar refractivity (Wildman–Crippen MR) is 84.6 cm³/mol. The molecule has 94 valence electrons. The molecule has 0 aliphatic heterocycles. The van der Waals surface area contributed by atoms with Gasteiger partial charge in [-0.25, -0.2) is 0 Å². The lowest BCUT2D eigenvalue weighted by Gasteiger charge is -2.13. The van der Waals surface area contributed by atoms with Crippen molar-refractivity contribution in [3.63, 3.8) is 0 Å². The summed E-state index contributed by atoms with van der Waals surface area (Å²) >= 11 is 10.4. The number of rotatable bonds is 3. The number of aliphatic hydroxyl groups is 1. The van der Waals surface area contributed by atoms with Crippen LogP contribution in [0, 0.1) is 0 Å². The van der Waals surface area contributed by atoms with Gasteiger partial charge in [-0.2, -0.15) is 0 Å². The maximum atomic E-state index is 10.3. The zero-order valence-electron chi connectivity index (χ0n) is 9.41. The minimum Gasteiger partial charge on any atom is -0.388 e. The summed E-state index contributed by atoms with van der Waals surface area (Å²) in [6, 6.07) is 13.8. The molecule has 0 aromatic heterocycles. The Morgan fingerprint density at radius 2 is 1.56 bits per heavy atom. The van der Waals surface area contributed by atoms with E-state index in [2.05, 4.69) is 47.8 Å². The Hall–Kier alpha value is -0.160. The fourth-order valence-electron chi connectivity index (χ4n) is 1.76. The van der Waals surface area contributed by atoms with Gasteiger partial charge in [-0.15, -0.1) is 0 Å². The van der Waals surface area contributed by atoms with Gasteiger partial charge in [0, 0.05) is 19.8 Å². The van der Waals surface area contributed by atoms with E-state index in [-0.39, 0.29) is 0 Å². The van der Waals surface area contributed by atoms with Crippen LogP contribution >= 0.6 is 47.8 Å². The molecule has 2 aromatic carbocycles. The van der Waals surface area contributed by atoms with Crippen molar-refractivity contribution < 1.29 is 5.11 Å². The molecule has 0 saturated carbocycles. The summed E-state index contributed by atoms with van der Waals surface area (Å²) in [6.07, 6.45) is 0.0714. The van der Waals surface area contributed by atoms with Gasteiger partial charge < -0.3 is 5.11 Å². The number of hydrogen-bond donors (Lipinski definition) is 1. The number of hydrogen-bond acceptors (Lipinski definition) is 1. The van der Waals surface area contributed by atoms with Crippen LogP contribution in [0.3, 0.4) is 0 Å². The third-order valence-corrected chi connectivity index (χ3v) is 4.33. The third-order valence-electron chi connectivity index (χ3n) is 2.64. The van der Waals surface area contributed by atoms with Gasteiger partial charge >= 0.3 is 0 Å². The van der Waals surface area contributed by atoms with Gasteiger partial charge in [-0.1, -0.05) is 66.0 Å². The van der Waals surface area contributed by atoms with Gasteiger partial charge in [0.2, 0.25) is 0 Å². The Morgan fingerprint density at radius 1 is 0.944 bits per heavy atom. The summed E-state index contributed by atoms with van der Waals surface area (Å²) in [5.41, 5.74) is 1.99. The Kier molecular flexibility index (Phi) is 5.01. The summed E-state index contributed by atoms with van der Waals surface area (Å²) in [5.74, 6) is 0. The summed E-state index contributed by atoms with van der Waals surface area (Å²) < 4.78 is 2.94. The van der Waals surface area contributed by atoms with Gasteiger partial charge in [0.05, 0.1) is 6.10 Å². The monoisotopic (exact) mass is 432 g/mol. The molecule has 0 fully saturated rings. The molecule has 0 saturated heterocycles. The molecular weight excluding hydrogens is 424 g/mol. The lowest BCUT2D eigenvalue weighted by Crippen LogP contribution is -2.02. The highest BCUT2D eigenvalue weighted by atomic mass is 79.9. The highest BCUT2D eigenvalue weighted by molar-refractivity contribution is 9.11. The first-order valence-electron chi connectivity index (χ1n) is 5.44. The fraction of sp³-hybridized carbons (Fsp3) is 0.143. The molecule has 2 aromatic rings. The summed E-state index contributed by atoms with van der Waals surface area (Å²) in [7, 11) is 0. The van der Waals surface area contributed by atoms with Crippen LogP contribution < -0.4 is 0 Å². The Morgan fingerprint density at radius 3 is 2.17 bits per heavy atom. The number of aliphatic hydroxyl groups excluding tert-OH is 1. The molecular formula is C14H11Br3O. The molecule has 4 heteroatoms. The van der Waals surface area contributed by atoms with E-state index in [1.807, 2.05) is 42.5 Å². The second kappa shape index (κ2) is 6.33. The van der Waals surface area contributed by atoms with Crippen LogP contribution in [0.25, 0.3) is 0 Å². The average molecular weight is 435 g/mol. The van der Waals surface area contributed by atoms with Crippen molar-refractivity contribution >= 4 is 47.8 Å². The lowest BCUT2D eigenvalue weighted by molar-refractivity contribution is 0.178. The van der Waals surface area contributed by atoms with Crippen molar-refractivity contribution in [3.8, 4) is 0 Å². The SMILES string of the molecule is OC(Cc1ccccc1Br)c1cc(Br)cc(Br)c1. The van der Waals surface area contributed by atoms with Gasteiger partial charge in [0.1, 0.15) is 0 Å². The normalized spacial score (nSPS) is 12.4. The maximum Gasteiger partial charge on any atom is 0.0831 e. The highest BCUT2D eigenvalue weighted by Crippen LogP contribution is 2.28. The first kappa shape index (κ1) is 14.3. The van der Waals surface area contributed by atoms with Crippen molar-refractivity contribution in [1.82, 2.24) is 0 Å². The van der Waals surface area contributed by atoms with Gasteiger partial charge in [0.25, 0.3) is 0 Å². The molecule has 0 spiro atoms. The Balaban J connectivity index is 2.22. The molecule has 1 nitrogen and oxygen atoms in total. The fourth-order valence-corrected chi connectivity index (χ4v) is 3.53. The number of halogens is 3. The van der Waals surface area contributed by atoms with Gasteiger partial charge in [0.15, 0.2) is 0 Å². The van der Waals surface area contributed by atoms with Gasteiger partial charge in [-0.3, -0.25) is 0 Å². The third kappa shape index (κ3) is 3.67. The first-order chi connectivity index (χ1) is 8.56. The van der Waals surface area contributed by atoms with Crippen LogP contribution in [0.5, 0.6) is 0 Å². The summed E-state index contributed by atoms with van der Waals surface area (Å²) in [5, 5.41) is 10.3. The molecule has 0 aliphatic carbocycles. The quantitative estimate of drug-likeness (QED) is 0.699. The van der Waals surface area contributed by atoms with Crippen LogP contribution in [0.1, 0.15) is 17.2 Å². The second-order valence-corrected chi connectivity index (χ2v) is 6.70. The zero-order chi connectivity index (χ0) is 13.1. The van der Waals surface area contributed by atoms with Crippen LogP contribution in [0.15, 0.2) is 55.9 Å². The molecule has 0 bridgehead atoms. The lowest BCUT2D eigenvalue weighted by atomic mass is 10.0. The largest absolute Gasteiger partial charge is 0.388 e. The molecule has 2 rings (SSSR count). The molecule has 1 N–H and O–H groups in total. The van der Waals surface area contributed by atoms with Gasteiger partial charge in [-0.05, 0) is 35.4 Å². The van der Waals surface area contributed by atoms with E-state index in [0.29, 0.717) is 6.42 Å². The smallest absolute Gasteiger partial charge is 0.0831 e. The minimum atomic E-state index is -0.516. The minimum absolute atomic E-state index is 0.516. The number of benzene rings is 2. The van der Waals surface area contributed by atoms with E-state index in [4.69, 9.17) is 0 Å². The van der Waals surface area contributed by atoms with Crippen molar-refractivity contribution in [1.29, 1.82) is 0 Å². The zero-order valence-corrected chi connectivity index (χ0v) is 14.2. The topological polar surface area (TPSA) is 20.2 Å². The van der Waals surface area contributed by atoms with Crippen LogP contribution in [0.4, 0.5) is 0 Å². The van der Waals surface area contributed by atoms with Crippen molar-refractivity contribution in [2.45, 2.75) is 12.5 Å². The molecule has 0 radical (unpaired) electrons. The molecule has 1 atom stereocenters. The average Bonchev–Trinajstić information content (AvgIpc) is 2.31. The van der Waals surface area contributed by atoms with E-state index in [1.165, 1.54) is 0 Å². The first-order valence-corrected chi connectivity index (χ1v) is 7.81. The van der Waals surface area contributed by atoms with E-state index < -0.39 is 6.10 Å². The Bertz CT molecular complexity index is 534. The van der Waals surface area contributed by atoms with Crippen molar-refractivity contribution in [2.75, 3.05) is 0 Å². The van der Waals surface area contributed by atoms with Crippen molar-refractivity contribution in [2.24, 2.45) is 0 Å². The molecule has 0 aliphatic rings. The van der Waals surface area contributed by atoms with E-state index in [0.717, 1.165) is 24.5 Å². The standard InChI is InChI=1S/C14H11Br3O/c15-11-5-10(6-12(16)8-11)14(18)7-9-3-1-2-4-13(9)17/h1-6,8,14,18H,7H2. The summed E-state index contributed by atoms with van der Waals surface area (Å²) in [4.78, 5) is 0.